The molecule has 430 valence electrons. The fraction of sp³-hybridized carbons (Fsp3) is 0.456. The minimum atomic E-state index is -1.52. The van der Waals surface area contributed by atoms with E-state index in [0.29, 0.717) is 11.1 Å². The SMILES string of the molecule is CC(=O)N[C@@H](CCCN=C(N)N)C(=O)N[C@H]1CCCCC(=O)CC[C@@H](C(=O)O)NC(=O)[C@H](Cc2c[nH]c3ccccc23)CC(=O)[C@H](CCCN=C(N)N)CC(=O)[C@@H](Cc2ccccc2)NC(=O)[C@H](COCc2ccccc2)NC1=O. The number of hydrogen-bond donors (Lipinski definition) is 11. The van der Waals surface area contributed by atoms with Crippen LogP contribution in [0.5, 0.6) is 0 Å². The highest BCUT2D eigenvalue weighted by Crippen LogP contribution is 2.26. The highest BCUT2D eigenvalue weighted by atomic mass is 16.5. The van der Waals surface area contributed by atoms with Gasteiger partial charge in [0.15, 0.2) is 17.7 Å². The van der Waals surface area contributed by atoms with Gasteiger partial charge in [-0.3, -0.25) is 48.3 Å². The Bertz CT molecular complexity index is 2800. The largest absolute Gasteiger partial charge is 0.480 e. The first-order chi connectivity index (χ1) is 38.4. The average molecular weight is 1110 g/mol. The minimum Gasteiger partial charge on any atom is -0.480 e. The lowest BCUT2D eigenvalue weighted by atomic mass is 9.83. The molecule has 3 aromatic carbocycles. The van der Waals surface area contributed by atoms with Crippen LogP contribution in [-0.2, 0) is 67.3 Å². The maximum atomic E-state index is 14.9. The van der Waals surface area contributed by atoms with E-state index in [4.69, 9.17) is 27.7 Å². The summed E-state index contributed by atoms with van der Waals surface area (Å²) in [4.78, 5) is 137. The molecule has 4 aromatic rings. The summed E-state index contributed by atoms with van der Waals surface area (Å²) < 4.78 is 6.03. The summed E-state index contributed by atoms with van der Waals surface area (Å²) >= 11 is 0. The molecule has 2 heterocycles. The molecular formula is C57H76N12O11. The van der Waals surface area contributed by atoms with Crippen LogP contribution < -0.4 is 49.5 Å². The van der Waals surface area contributed by atoms with Gasteiger partial charge in [0.1, 0.15) is 35.7 Å². The summed E-state index contributed by atoms with van der Waals surface area (Å²) in [6, 6.07) is 18.4. The van der Waals surface area contributed by atoms with Crippen LogP contribution >= 0.6 is 0 Å². The van der Waals surface area contributed by atoms with Gasteiger partial charge in [-0.1, -0.05) is 85.3 Å². The molecule has 80 heavy (non-hydrogen) atoms. The van der Waals surface area contributed by atoms with E-state index in [9.17, 15) is 48.3 Å². The molecule has 0 saturated carbocycles. The van der Waals surface area contributed by atoms with Crippen molar-refractivity contribution < 1.29 is 53.0 Å². The van der Waals surface area contributed by atoms with Crippen molar-refractivity contribution in [3.63, 3.8) is 0 Å². The van der Waals surface area contributed by atoms with E-state index in [0.717, 1.165) is 16.5 Å². The fourth-order valence-corrected chi connectivity index (χ4v) is 9.44. The van der Waals surface area contributed by atoms with Crippen molar-refractivity contribution in [3.05, 3.63) is 108 Å². The molecule has 1 aromatic heterocycles. The Morgan fingerprint density at radius 1 is 0.700 bits per heavy atom. The third-order valence-electron chi connectivity index (χ3n) is 13.7. The number of guanidine groups is 2. The molecule has 0 aliphatic carbocycles. The molecule has 1 fully saturated rings. The number of ether oxygens (including phenoxy) is 1. The molecule has 1 saturated heterocycles. The number of aromatic amines is 1. The van der Waals surface area contributed by atoms with Crippen LogP contribution in [0, 0.1) is 11.8 Å². The highest BCUT2D eigenvalue weighted by Gasteiger charge is 2.35. The number of amides is 5. The Kier molecular flexibility index (Phi) is 25.3. The quantitative estimate of drug-likeness (QED) is 0.0342. The van der Waals surface area contributed by atoms with Gasteiger partial charge in [0.05, 0.1) is 19.3 Å². The van der Waals surface area contributed by atoms with Gasteiger partial charge >= 0.3 is 5.97 Å². The molecule has 5 rings (SSSR count). The maximum Gasteiger partial charge on any atom is 0.326 e. The number of ketones is 3. The fourth-order valence-electron chi connectivity index (χ4n) is 9.44. The van der Waals surface area contributed by atoms with Crippen molar-refractivity contribution in [3.8, 4) is 0 Å². The Morgan fingerprint density at radius 2 is 1.34 bits per heavy atom. The van der Waals surface area contributed by atoms with E-state index in [2.05, 4.69) is 41.6 Å². The summed E-state index contributed by atoms with van der Waals surface area (Å²) in [5.41, 5.74) is 25.0. The molecule has 7 atom stereocenters. The number of rotatable bonds is 20. The van der Waals surface area contributed by atoms with Gasteiger partial charge in [0.25, 0.3) is 0 Å². The number of H-pyrrole nitrogens is 1. The van der Waals surface area contributed by atoms with E-state index in [1.165, 1.54) is 6.92 Å². The number of carboxylic acids is 1. The number of Topliss-reactive ketones (excluding diaryl/α,β-unsaturated/α-hetero) is 3. The Morgan fingerprint density at radius 3 is 2.01 bits per heavy atom. The van der Waals surface area contributed by atoms with Crippen LogP contribution in [0.3, 0.4) is 0 Å². The Balaban J connectivity index is 1.55. The number of aliphatic carboxylic acids is 1. The van der Waals surface area contributed by atoms with Crippen molar-refractivity contribution in [2.24, 2.45) is 44.8 Å². The summed E-state index contributed by atoms with van der Waals surface area (Å²) in [7, 11) is 0. The van der Waals surface area contributed by atoms with Crippen LogP contribution in [0.1, 0.15) is 101 Å². The summed E-state index contributed by atoms with van der Waals surface area (Å²) in [6.45, 7) is 1.08. The minimum absolute atomic E-state index is 0.00242. The molecule has 15 N–H and O–H groups in total. The second-order valence-corrected chi connectivity index (χ2v) is 20.0. The number of para-hydroxylation sites is 1. The normalized spacial score (nSPS) is 20.8. The van der Waals surface area contributed by atoms with Gasteiger partial charge in [-0.25, -0.2) is 4.79 Å². The lowest BCUT2D eigenvalue weighted by Crippen LogP contribution is -2.59. The van der Waals surface area contributed by atoms with E-state index >= 15 is 0 Å². The lowest BCUT2D eigenvalue weighted by Gasteiger charge is -2.27. The number of nitrogens with zero attached hydrogens (tertiary/aromatic N) is 2. The zero-order valence-electron chi connectivity index (χ0n) is 45.2. The number of hydrogen-bond acceptors (Lipinski definition) is 12. The van der Waals surface area contributed by atoms with Gasteiger partial charge in [-0.15, -0.1) is 0 Å². The zero-order chi connectivity index (χ0) is 58.0. The van der Waals surface area contributed by atoms with E-state index < -0.39 is 109 Å². The molecule has 5 amide bonds. The number of aliphatic imine (C=N–C) groups is 2. The molecule has 1 aliphatic rings. The summed E-state index contributed by atoms with van der Waals surface area (Å²) in [5, 5.41) is 24.6. The Labute approximate surface area is 464 Å². The predicted molar refractivity (Wildman–Crippen MR) is 300 cm³/mol. The number of nitrogens with two attached hydrogens (primary N) is 4. The zero-order valence-corrected chi connectivity index (χ0v) is 45.2. The highest BCUT2D eigenvalue weighted by molar-refractivity contribution is 5.98. The van der Waals surface area contributed by atoms with E-state index in [-0.39, 0.29) is 114 Å². The number of fused-ring (bicyclic) bond motifs is 1. The standard InChI is InChI=1S/C57H76N12O11/c1-35(70)65-44(23-13-27-63-57(60)61)52(75)66-45-22-10-8-19-41(71)24-25-46(55(78)79)67-51(74)39(29-40-32-64-43-21-11-9-20-42(40)43)31-49(72)38(18-12-26-62-56(58)59)30-50(73)47(28-36-14-4-2-5-15-36)68-54(77)48(69-53(45)76)34-80-33-37-16-6-3-7-17-37/h2-7,9,11,14-17,20-21,32,38-39,44-48,64H,8,10,12-13,18-19,22-31,33-34H2,1H3,(H,65,70)(H,66,75)(H,67,74)(H,68,77)(H,69,76)(H,78,79)(H4,58,59,62)(H4,60,61,63)/t38-,39-,44+,45+,46+,47-,48+/m1/s1. The summed E-state index contributed by atoms with van der Waals surface area (Å²) in [6.07, 6.45) is 1.21. The van der Waals surface area contributed by atoms with Crippen LogP contribution in [0.2, 0.25) is 0 Å². The number of benzene rings is 3. The smallest absolute Gasteiger partial charge is 0.326 e. The van der Waals surface area contributed by atoms with Gasteiger partial charge in [0, 0.05) is 74.6 Å². The lowest BCUT2D eigenvalue weighted by molar-refractivity contribution is -0.143. The number of aromatic nitrogens is 1. The van der Waals surface area contributed by atoms with Crippen LogP contribution in [0.25, 0.3) is 10.9 Å². The van der Waals surface area contributed by atoms with Crippen molar-refractivity contribution in [2.75, 3.05) is 19.7 Å². The third kappa shape index (κ3) is 21.4. The molecule has 1 aliphatic heterocycles. The van der Waals surface area contributed by atoms with Gasteiger partial charge in [-0.2, -0.15) is 0 Å². The van der Waals surface area contributed by atoms with Crippen molar-refractivity contribution in [1.82, 2.24) is 31.6 Å². The van der Waals surface area contributed by atoms with Gasteiger partial charge in [-0.05, 0) is 80.5 Å². The topological polar surface area (TPSA) is 388 Å². The molecule has 0 unspecified atom stereocenters. The molecule has 0 spiro atoms. The van der Waals surface area contributed by atoms with Gasteiger partial charge < -0.3 is 64.3 Å². The maximum absolute atomic E-state index is 14.9. The monoisotopic (exact) mass is 1100 g/mol. The molecular weight excluding hydrogens is 1030 g/mol. The van der Waals surface area contributed by atoms with Crippen LogP contribution in [0.15, 0.2) is 101 Å². The predicted octanol–water partition coefficient (Wildman–Crippen LogP) is 1.88. The first kappa shape index (κ1) is 62.4. The van der Waals surface area contributed by atoms with Gasteiger partial charge in [0.2, 0.25) is 29.5 Å². The Hall–Kier alpha value is -8.47. The molecule has 23 nitrogen and oxygen atoms in total. The van der Waals surface area contributed by atoms with Crippen molar-refractivity contribution >= 4 is 75.7 Å². The average Bonchev–Trinajstić information content (AvgIpc) is 3.87. The van der Waals surface area contributed by atoms with Crippen LogP contribution in [0.4, 0.5) is 0 Å². The second kappa shape index (κ2) is 32.4. The summed E-state index contributed by atoms with van der Waals surface area (Å²) in [5.74, 6) is -8.99. The van der Waals surface area contributed by atoms with Crippen molar-refractivity contribution in [1.29, 1.82) is 0 Å². The molecule has 23 heteroatoms. The van der Waals surface area contributed by atoms with Crippen molar-refractivity contribution in [2.45, 2.75) is 134 Å². The number of carboxylic acid groups (broad SMARTS) is 1. The number of carbonyl (C=O) groups is 9. The van der Waals surface area contributed by atoms with E-state index in [1.807, 2.05) is 42.5 Å². The number of nitrogens with one attached hydrogen (secondary N) is 6. The number of carbonyl (C=O) groups excluding carboxylic acids is 8. The first-order valence-corrected chi connectivity index (χ1v) is 27.0. The molecule has 0 bridgehead atoms. The van der Waals surface area contributed by atoms with Crippen LogP contribution in [-0.4, -0.2) is 125 Å². The second-order valence-electron chi connectivity index (χ2n) is 20.0. The van der Waals surface area contributed by atoms with E-state index in [1.54, 1.807) is 48.7 Å². The first-order valence-electron chi connectivity index (χ1n) is 27.0. The third-order valence-corrected chi connectivity index (χ3v) is 13.7. The molecule has 0 radical (unpaired) electrons.